The third kappa shape index (κ3) is 3.22. The molecule has 2 aromatic carbocycles. The van der Waals surface area contributed by atoms with Gasteiger partial charge in [-0.15, -0.1) is 0 Å². The molecule has 4 heteroatoms. The molecule has 0 saturated heterocycles. The van der Waals surface area contributed by atoms with Gasteiger partial charge in [-0.2, -0.15) is 0 Å². The van der Waals surface area contributed by atoms with Crippen LogP contribution in [0.4, 0.5) is 4.39 Å². The van der Waals surface area contributed by atoms with Crippen molar-refractivity contribution in [3.63, 3.8) is 0 Å². The van der Waals surface area contributed by atoms with Gasteiger partial charge in [-0.05, 0) is 52.7 Å². The molecule has 1 unspecified atom stereocenters. The van der Waals surface area contributed by atoms with Crippen molar-refractivity contribution in [2.24, 2.45) is 0 Å². The van der Waals surface area contributed by atoms with Gasteiger partial charge in [0.05, 0.1) is 4.47 Å². The lowest BCUT2D eigenvalue weighted by molar-refractivity contribution is 0.598. The summed E-state index contributed by atoms with van der Waals surface area (Å²) in [7, 11) is 0. The standard InChI is InChI=1S/C16H16BrClFN/c1-3-20-10(2)12-8-7-11(9-15(12)18)13-5-4-6-14(17)16(13)19/h4-10,20H,3H2,1-2H3. The van der Waals surface area contributed by atoms with E-state index in [1.807, 2.05) is 24.3 Å². The molecule has 1 nitrogen and oxygen atoms in total. The zero-order valence-corrected chi connectivity index (χ0v) is 13.7. The van der Waals surface area contributed by atoms with Gasteiger partial charge < -0.3 is 5.32 Å². The maximum atomic E-state index is 14.1. The van der Waals surface area contributed by atoms with E-state index in [0.717, 1.165) is 17.7 Å². The minimum Gasteiger partial charge on any atom is -0.310 e. The molecule has 106 valence electrons. The Kier molecular flexibility index (Phi) is 5.19. The Morgan fingerprint density at radius 2 is 2.05 bits per heavy atom. The number of halogens is 3. The van der Waals surface area contributed by atoms with E-state index in [4.69, 9.17) is 11.6 Å². The molecule has 1 atom stereocenters. The van der Waals surface area contributed by atoms with Crippen LogP contribution in [0.5, 0.6) is 0 Å². The van der Waals surface area contributed by atoms with Crippen LogP contribution in [0.2, 0.25) is 5.02 Å². The molecule has 0 radical (unpaired) electrons. The van der Waals surface area contributed by atoms with Gasteiger partial charge in [0.1, 0.15) is 5.82 Å². The van der Waals surface area contributed by atoms with E-state index in [-0.39, 0.29) is 11.9 Å². The van der Waals surface area contributed by atoms with Crippen molar-refractivity contribution in [2.45, 2.75) is 19.9 Å². The van der Waals surface area contributed by atoms with E-state index in [1.165, 1.54) is 0 Å². The number of benzene rings is 2. The van der Waals surface area contributed by atoms with Crippen molar-refractivity contribution >= 4 is 27.5 Å². The van der Waals surface area contributed by atoms with Crippen LogP contribution in [0, 0.1) is 5.82 Å². The van der Waals surface area contributed by atoms with Gasteiger partial charge in [-0.25, -0.2) is 4.39 Å². The molecule has 0 amide bonds. The van der Waals surface area contributed by atoms with Gasteiger partial charge in [-0.1, -0.05) is 42.8 Å². The first-order chi connectivity index (χ1) is 9.54. The van der Waals surface area contributed by atoms with Gasteiger partial charge in [0, 0.05) is 16.6 Å². The zero-order valence-electron chi connectivity index (χ0n) is 11.4. The molecule has 0 aliphatic heterocycles. The van der Waals surface area contributed by atoms with Crippen LogP contribution < -0.4 is 5.32 Å². The van der Waals surface area contributed by atoms with Gasteiger partial charge in [0.15, 0.2) is 0 Å². The molecular formula is C16H16BrClFN. The normalized spacial score (nSPS) is 12.4. The molecule has 0 heterocycles. The highest BCUT2D eigenvalue weighted by molar-refractivity contribution is 9.10. The highest BCUT2D eigenvalue weighted by Gasteiger charge is 2.12. The number of hydrogen-bond donors (Lipinski definition) is 1. The topological polar surface area (TPSA) is 12.0 Å². The summed E-state index contributed by atoms with van der Waals surface area (Å²) in [6.45, 7) is 4.99. The second-order valence-corrected chi connectivity index (χ2v) is 5.88. The van der Waals surface area contributed by atoms with E-state index in [9.17, 15) is 4.39 Å². The first-order valence-corrected chi connectivity index (χ1v) is 7.69. The van der Waals surface area contributed by atoms with Gasteiger partial charge in [0.25, 0.3) is 0 Å². The largest absolute Gasteiger partial charge is 0.310 e. The van der Waals surface area contributed by atoms with E-state index < -0.39 is 0 Å². The average Bonchev–Trinajstić information content (AvgIpc) is 2.42. The SMILES string of the molecule is CCNC(C)c1ccc(-c2cccc(Br)c2F)cc1Cl. The Balaban J connectivity index is 2.41. The number of nitrogens with one attached hydrogen (secondary N) is 1. The van der Waals surface area contributed by atoms with Crippen molar-refractivity contribution in [3.05, 3.63) is 57.3 Å². The zero-order chi connectivity index (χ0) is 14.7. The lowest BCUT2D eigenvalue weighted by Crippen LogP contribution is -2.17. The maximum absolute atomic E-state index is 14.1. The number of hydrogen-bond acceptors (Lipinski definition) is 1. The van der Waals surface area contributed by atoms with Crippen LogP contribution in [-0.4, -0.2) is 6.54 Å². The quantitative estimate of drug-likeness (QED) is 0.754. The lowest BCUT2D eigenvalue weighted by Gasteiger charge is -2.15. The summed E-state index contributed by atoms with van der Waals surface area (Å²) in [5.41, 5.74) is 2.35. The predicted molar refractivity (Wildman–Crippen MR) is 86.6 cm³/mol. The molecule has 0 bridgehead atoms. The third-order valence-electron chi connectivity index (χ3n) is 3.24. The van der Waals surface area contributed by atoms with E-state index in [0.29, 0.717) is 15.1 Å². The van der Waals surface area contributed by atoms with E-state index in [1.54, 1.807) is 12.1 Å². The van der Waals surface area contributed by atoms with Crippen molar-refractivity contribution in [1.82, 2.24) is 5.32 Å². The van der Waals surface area contributed by atoms with Crippen LogP contribution in [0.25, 0.3) is 11.1 Å². The van der Waals surface area contributed by atoms with Crippen LogP contribution in [-0.2, 0) is 0 Å². The second-order valence-electron chi connectivity index (χ2n) is 4.62. The molecule has 0 aliphatic carbocycles. The molecule has 0 aromatic heterocycles. The van der Waals surface area contributed by atoms with Crippen LogP contribution in [0.1, 0.15) is 25.5 Å². The Labute approximate surface area is 132 Å². The molecule has 0 aliphatic rings. The average molecular weight is 357 g/mol. The molecule has 20 heavy (non-hydrogen) atoms. The highest BCUT2D eigenvalue weighted by atomic mass is 79.9. The summed E-state index contributed by atoms with van der Waals surface area (Å²) < 4.78 is 14.6. The predicted octanol–water partition coefficient (Wildman–Crippen LogP) is 5.58. The molecule has 0 spiro atoms. The fourth-order valence-electron chi connectivity index (χ4n) is 2.19. The fraction of sp³-hybridized carbons (Fsp3) is 0.250. The summed E-state index contributed by atoms with van der Waals surface area (Å²) in [5, 5.41) is 3.96. The fourth-order valence-corrected chi connectivity index (χ4v) is 2.90. The second kappa shape index (κ2) is 6.70. The van der Waals surface area contributed by atoms with Crippen LogP contribution >= 0.6 is 27.5 Å². The van der Waals surface area contributed by atoms with Crippen molar-refractivity contribution in [3.8, 4) is 11.1 Å². The molecule has 2 rings (SSSR count). The first kappa shape index (κ1) is 15.5. The summed E-state index contributed by atoms with van der Waals surface area (Å²) in [4.78, 5) is 0. The van der Waals surface area contributed by atoms with Crippen molar-refractivity contribution in [1.29, 1.82) is 0 Å². The Morgan fingerprint density at radius 1 is 1.30 bits per heavy atom. The maximum Gasteiger partial charge on any atom is 0.145 e. The Bertz CT molecular complexity index is 615. The summed E-state index contributed by atoms with van der Waals surface area (Å²) in [6, 6.07) is 11.1. The van der Waals surface area contributed by atoms with E-state index in [2.05, 4.69) is 35.1 Å². The monoisotopic (exact) mass is 355 g/mol. The molecule has 2 aromatic rings. The van der Waals surface area contributed by atoms with Gasteiger partial charge in [-0.3, -0.25) is 0 Å². The first-order valence-electron chi connectivity index (χ1n) is 6.51. The van der Waals surface area contributed by atoms with Crippen molar-refractivity contribution < 1.29 is 4.39 Å². The molecule has 0 fully saturated rings. The van der Waals surface area contributed by atoms with Crippen LogP contribution in [0.3, 0.4) is 0 Å². The minimum atomic E-state index is -0.268. The van der Waals surface area contributed by atoms with E-state index >= 15 is 0 Å². The summed E-state index contributed by atoms with van der Waals surface area (Å²) in [6.07, 6.45) is 0. The third-order valence-corrected chi connectivity index (χ3v) is 4.18. The Hall–Kier alpha value is -0.900. The van der Waals surface area contributed by atoms with Gasteiger partial charge in [0.2, 0.25) is 0 Å². The smallest absolute Gasteiger partial charge is 0.145 e. The Morgan fingerprint density at radius 3 is 2.70 bits per heavy atom. The lowest BCUT2D eigenvalue weighted by atomic mass is 10.0. The minimum absolute atomic E-state index is 0.175. The number of rotatable bonds is 4. The summed E-state index contributed by atoms with van der Waals surface area (Å²) >= 11 is 9.53. The summed E-state index contributed by atoms with van der Waals surface area (Å²) in [5.74, 6) is -0.268. The van der Waals surface area contributed by atoms with Gasteiger partial charge >= 0.3 is 0 Å². The highest BCUT2D eigenvalue weighted by Crippen LogP contribution is 2.32. The van der Waals surface area contributed by atoms with Crippen molar-refractivity contribution in [2.75, 3.05) is 6.54 Å². The molecular weight excluding hydrogens is 341 g/mol. The van der Waals surface area contributed by atoms with Crippen LogP contribution in [0.15, 0.2) is 40.9 Å². The molecule has 0 saturated carbocycles. The molecule has 1 N–H and O–H groups in total.